The van der Waals surface area contributed by atoms with Crippen molar-refractivity contribution in [2.75, 3.05) is 0 Å². The monoisotopic (exact) mass is 487 g/mol. The summed E-state index contributed by atoms with van der Waals surface area (Å²) in [6.07, 6.45) is -4.76. The number of amides is 1. The van der Waals surface area contributed by atoms with Gasteiger partial charge in [0.15, 0.2) is 0 Å². The molecule has 162 valence electrons. The van der Waals surface area contributed by atoms with Gasteiger partial charge in [-0.05, 0) is 44.4 Å². The number of halogens is 5. The molecule has 0 fully saturated rings. The van der Waals surface area contributed by atoms with Crippen molar-refractivity contribution in [2.24, 2.45) is 0 Å². The molecule has 1 amide bonds. The Morgan fingerprint density at radius 2 is 1.90 bits per heavy atom. The van der Waals surface area contributed by atoms with E-state index in [1.807, 2.05) is 6.07 Å². The molecular formula is C21H22BrF4N3O. The molecule has 1 aromatic rings. The average molecular weight is 488 g/mol. The number of carbonyl (C=O) groups is 1. The molecule has 0 aromatic heterocycles. The molecule has 1 aliphatic heterocycles. The summed E-state index contributed by atoms with van der Waals surface area (Å²) in [6.45, 7) is 2.35. The fourth-order valence-corrected chi connectivity index (χ4v) is 3.46. The third kappa shape index (κ3) is 5.96. The van der Waals surface area contributed by atoms with Gasteiger partial charge in [0.2, 0.25) is 11.4 Å². The number of hydrogen-bond acceptors (Lipinski definition) is 3. The maximum absolute atomic E-state index is 14.5. The summed E-state index contributed by atoms with van der Waals surface area (Å²) < 4.78 is 58.4. The minimum absolute atomic E-state index is 0.114. The Balaban J connectivity index is 2.65. The van der Waals surface area contributed by atoms with E-state index in [0.717, 1.165) is 0 Å². The van der Waals surface area contributed by atoms with E-state index in [2.05, 4.69) is 38.4 Å². The van der Waals surface area contributed by atoms with Crippen molar-refractivity contribution in [2.45, 2.75) is 69.0 Å². The van der Waals surface area contributed by atoms with E-state index in [-0.39, 0.29) is 18.4 Å². The van der Waals surface area contributed by atoms with Gasteiger partial charge in [-0.3, -0.25) is 10.1 Å². The smallest absolute Gasteiger partial charge is 0.339 e. The molecule has 1 heterocycles. The highest BCUT2D eigenvalue weighted by Crippen LogP contribution is 2.40. The zero-order valence-corrected chi connectivity index (χ0v) is 18.1. The molecule has 9 heteroatoms. The van der Waals surface area contributed by atoms with Crippen LogP contribution in [0.5, 0.6) is 0 Å². The van der Waals surface area contributed by atoms with Crippen molar-refractivity contribution < 1.29 is 22.4 Å². The van der Waals surface area contributed by atoms with Gasteiger partial charge in [0.05, 0.1) is 12.1 Å². The topological polar surface area (TPSA) is 64.9 Å². The van der Waals surface area contributed by atoms with Gasteiger partial charge < -0.3 is 5.32 Å². The lowest BCUT2D eigenvalue weighted by molar-refractivity contribution is -0.185. The maximum Gasteiger partial charge on any atom is 0.422 e. The quantitative estimate of drug-likeness (QED) is 0.487. The Morgan fingerprint density at radius 1 is 1.27 bits per heavy atom. The molecular weight excluding hydrogens is 466 g/mol. The molecule has 0 radical (unpaired) electrons. The number of nitrogens with zero attached hydrogens (tertiary/aromatic N) is 1. The van der Waals surface area contributed by atoms with Crippen LogP contribution in [-0.4, -0.2) is 29.8 Å². The van der Waals surface area contributed by atoms with Crippen LogP contribution >= 0.6 is 15.9 Å². The van der Waals surface area contributed by atoms with Gasteiger partial charge in [0.25, 0.3) is 0 Å². The second kappa shape index (κ2) is 9.36. The molecule has 30 heavy (non-hydrogen) atoms. The summed E-state index contributed by atoms with van der Waals surface area (Å²) in [5, 5.41) is 14.0. The zero-order chi connectivity index (χ0) is 22.6. The Bertz CT molecular complexity index is 862. The molecule has 2 rings (SSSR count). The van der Waals surface area contributed by atoms with Crippen LogP contribution in [0.2, 0.25) is 0 Å². The number of benzene rings is 1. The van der Waals surface area contributed by atoms with E-state index in [0.29, 0.717) is 10.9 Å². The number of nitrogens with one attached hydrogen (secondary N) is 2. The van der Waals surface area contributed by atoms with Crippen molar-refractivity contribution in [3.63, 3.8) is 0 Å². The Kier molecular flexibility index (Phi) is 7.54. The molecule has 1 aliphatic rings. The first-order chi connectivity index (χ1) is 13.9. The molecule has 4 nitrogen and oxygen atoms in total. The highest BCUT2D eigenvalue weighted by atomic mass is 79.9. The lowest BCUT2D eigenvalue weighted by Crippen LogP contribution is -2.61. The molecule has 3 atom stereocenters. The van der Waals surface area contributed by atoms with Gasteiger partial charge in [0.1, 0.15) is 11.7 Å². The predicted molar refractivity (Wildman–Crippen MR) is 108 cm³/mol. The van der Waals surface area contributed by atoms with Crippen LogP contribution in [0, 0.1) is 23.2 Å². The van der Waals surface area contributed by atoms with E-state index in [1.54, 1.807) is 0 Å². The van der Waals surface area contributed by atoms with E-state index in [4.69, 9.17) is 0 Å². The summed E-state index contributed by atoms with van der Waals surface area (Å²) in [4.78, 5) is 12.8. The van der Waals surface area contributed by atoms with Crippen LogP contribution in [0.1, 0.15) is 45.1 Å². The molecule has 0 saturated carbocycles. The number of alkyl halides is 4. The number of nitriles is 1. The highest BCUT2D eigenvalue weighted by Gasteiger charge is 2.57. The van der Waals surface area contributed by atoms with Gasteiger partial charge in [-0.2, -0.15) is 18.4 Å². The summed E-state index contributed by atoms with van der Waals surface area (Å²) >= 11 is 3.19. The average Bonchev–Trinajstić information content (AvgIpc) is 2.65. The molecule has 2 N–H and O–H groups in total. The first kappa shape index (κ1) is 24.2. The first-order valence-corrected chi connectivity index (χ1v) is 10.2. The third-order valence-corrected chi connectivity index (χ3v) is 5.17. The number of hydrogen-bond donors (Lipinski definition) is 2. The van der Waals surface area contributed by atoms with Crippen molar-refractivity contribution >= 4 is 21.8 Å². The Labute approximate surface area is 181 Å². The summed E-state index contributed by atoms with van der Waals surface area (Å²) in [7, 11) is 0. The second-order valence-corrected chi connectivity index (χ2v) is 8.67. The van der Waals surface area contributed by atoms with Gasteiger partial charge in [-0.25, -0.2) is 4.39 Å². The molecule has 0 unspecified atom stereocenters. The van der Waals surface area contributed by atoms with Crippen molar-refractivity contribution in [1.82, 2.24) is 10.6 Å². The first-order valence-electron chi connectivity index (χ1n) is 9.37. The minimum atomic E-state index is -4.91. The largest absolute Gasteiger partial charge is 0.422 e. The Morgan fingerprint density at radius 3 is 2.43 bits per heavy atom. The van der Waals surface area contributed by atoms with E-state index in [9.17, 15) is 27.6 Å². The SMILES string of the molecule is CC(C)(F)C[C@@H]1N[C@@](c2ccc(Br)cc2)(C(F)(F)F)C#CCCC[C@@H](C#N)NC1=O. The third-order valence-electron chi connectivity index (χ3n) is 4.64. The minimum Gasteiger partial charge on any atom is -0.339 e. The Hall–Kier alpha value is -2.10. The fraction of sp³-hybridized carbons (Fsp3) is 0.524. The van der Waals surface area contributed by atoms with E-state index < -0.39 is 41.8 Å². The van der Waals surface area contributed by atoms with Crippen molar-refractivity contribution in [3.8, 4) is 17.9 Å². The van der Waals surface area contributed by atoms with Gasteiger partial charge in [-0.15, -0.1) is 5.92 Å². The maximum atomic E-state index is 14.5. The second-order valence-electron chi connectivity index (χ2n) is 7.76. The predicted octanol–water partition coefficient (Wildman–Crippen LogP) is 4.50. The standard InChI is InChI=1S/C21H22BrF4N3O/c1-19(2,23)12-17-18(30)28-16(13-27)6-4-3-5-11-20(29-17,21(24,25)26)14-7-9-15(22)10-8-14/h7-10,16-17,29H,3-4,6,12H2,1-2H3,(H,28,30)/t16-,17-,20-/m0/s1. The van der Waals surface area contributed by atoms with Crippen LogP contribution in [0.4, 0.5) is 17.6 Å². The molecule has 0 aliphatic carbocycles. The fourth-order valence-electron chi connectivity index (χ4n) is 3.19. The normalized spacial score (nSPS) is 25.9. The van der Waals surface area contributed by atoms with Crippen LogP contribution in [-0.2, 0) is 10.3 Å². The van der Waals surface area contributed by atoms with Gasteiger partial charge >= 0.3 is 6.18 Å². The zero-order valence-electron chi connectivity index (χ0n) is 16.5. The molecule has 0 spiro atoms. The summed E-state index contributed by atoms with van der Waals surface area (Å²) in [5.74, 6) is 3.97. The summed E-state index contributed by atoms with van der Waals surface area (Å²) in [6, 6.07) is 4.85. The number of carbonyl (C=O) groups excluding carboxylic acids is 1. The van der Waals surface area contributed by atoms with Crippen molar-refractivity contribution in [3.05, 3.63) is 34.3 Å². The van der Waals surface area contributed by atoms with Crippen LogP contribution in [0.15, 0.2) is 28.7 Å². The van der Waals surface area contributed by atoms with Crippen molar-refractivity contribution in [1.29, 1.82) is 5.26 Å². The lowest BCUT2D eigenvalue weighted by Gasteiger charge is -2.37. The van der Waals surface area contributed by atoms with Crippen LogP contribution in [0.3, 0.4) is 0 Å². The van der Waals surface area contributed by atoms with E-state index in [1.165, 1.54) is 38.1 Å². The van der Waals surface area contributed by atoms with E-state index >= 15 is 0 Å². The van der Waals surface area contributed by atoms with Crippen LogP contribution < -0.4 is 10.6 Å². The van der Waals surface area contributed by atoms with Gasteiger partial charge in [0, 0.05) is 17.3 Å². The highest BCUT2D eigenvalue weighted by molar-refractivity contribution is 9.10. The van der Waals surface area contributed by atoms with Gasteiger partial charge in [-0.1, -0.05) is 34.0 Å². The molecule has 0 bridgehead atoms. The molecule has 1 aromatic carbocycles. The van der Waals surface area contributed by atoms with Crippen LogP contribution in [0.25, 0.3) is 0 Å². The summed E-state index contributed by atoms with van der Waals surface area (Å²) in [5.41, 5.74) is -5.04. The number of rotatable bonds is 3. The lowest BCUT2D eigenvalue weighted by atomic mass is 9.86. The molecule has 0 saturated heterocycles.